The molecule has 3 atom stereocenters. The summed E-state index contributed by atoms with van der Waals surface area (Å²) in [7, 11) is 0. The molecule has 9 heavy (non-hydrogen) atoms. The van der Waals surface area contributed by atoms with Crippen molar-refractivity contribution in [3.8, 4) is 0 Å². The molecule has 1 rings (SSSR count). The Morgan fingerprint density at radius 1 is 1.22 bits per heavy atom. The summed E-state index contributed by atoms with van der Waals surface area (Å²) in [6, 6.07) is 0. The van der Waals surface area contributed by atoms with Gasteiger partial charge >= 0.3 is 0 Å². The first-order valence-electron chi connectivity index (χ1n) is 3.58. The smallest absolute Gasteiger partial charge is 0.0824 e. The Bertz CT molecular complexity index is 82.9. The van der Waals surface area contributed by atoms with Crippen LogP contribution in [-0.4, -0.2) is 22.4 Å². The van der Waals surface area contributed by atoms with E-state index in [1.807, 2.05) is 6.92 Å². The van der Waals surface area contributed by atoms with Crippen LogP contribution in [0.4, 0.5) is 0 Å². The molecule has 0 aliphatic heterocycles. The van der Waals surface area contributed by atoms with Crippen molar-refractivity contribution in [2.45, 2.75) is 38.4 Å². The van der Waals surface area contributed by atoms with Crippen LogP contribution in [0, 0.1) is 5.92 Å². The molecular formula is C7H14O2. The fourth-order valence-electron chi connectivity index (χ4n) is 1.37. The fraction of sp³-hybridized carbons (Fsp3) is 1.00. The summed E-state index contributed by atoms with van der Waals surface area (Å²) in [5, 5.41) is 18.3. The van der Waals surface area contributed by atoms with Crippen molar-refractivity contribution in [2.24, 2.45) is 5.92 Å². The monoisotopic (exact) mass is 130 g/mol. The predicted molar refractivity (Wildman–Crippen MR) is 35.0 cm³/mol. The molecule has 0 radical (unpaired) electrons. The van der Waals surface area contributed by atoms with E-state index in [0.29, 0.717) is 0 Å². The molecule has 0 heterocycles. The summed E-state index contributed by atoms with van der Waals surface area (Å²) in [6.45, 7) is 1.98. The van der Waals surface area contributed by atoms with E-state index in [-0.39, 0.29) is 5.92 Å². The van der Waals surface area contributed by atoms with E-state index in [1.165, 1.54) is 0 Å². The van der Waals surface area contributed by atoms with Gasteiger partial charge in [0.2, 0.25) is 0 Å². The fourth-order valence-corrected chi connectivity index (χ4v) is 1.37. The normalized spacial score (nSPS) is 45.0. The van der Waals surface area contributed by atoms with Crippen LogP contribution >= 0.6 is 0 Å². The third-order valence-corrected chi connectivity index (χ3v) is 2.14. The van der Waals surface area contributed by atoms with E-state index in [2.05, 4.69) is 0 Å². The second kappa shape index (κ2) is 2.67. The molecule has 1 saturated carbocycles. The van der Waals surface area contributed by atoms with Crippen LogP contribution in [-0.2, 0) is 0 Å². The third kappa shape index (κ3) is 1.43. The Morgan fingerprint density at radius 2 is 1.89 bits per heavy atom. The predicted octanol–water partition coefficient (Wildman–Crippen LogP) is 0.528. The maximum atomic E-state index is 9.20. The molecule has 0 saturated heterocycles. The Hall–Kier alpha value is -0.0800. The van der Waals surface area contributed by atoms with Crippen LogP contribution in [0.5, 0.6) is 0 Å². The van der Waals surface area contributed by atoms with Gasteiger partial charge in [0.1, 0.15) is 0 Å². The summed E-state index contributed by atoms with van der Waals surface area (Å²) in [5.41, 5.74) is 0. The van der Waals surface area contributed by atoms with Crippen molar-refractivity contribution >= 4 is 0 Å². The van der Waals surface area contributed by atoms with E-state index in [4.69, 9.17) is 5.11 Å². The average molecular weight is 130 g/mol. The van der Waals surface area contributed by atoms with Crippen molar-refractivity contribution in [1.82, 2.24) is 0 Å². The van der Waals surface area contributed by atoms with Gasteiger partial charge in [-0.3, -0.25) is 0 Å². The molecule has 0 aromatic heterocycles. The molecule has 2 nitrogen and oxygen atoms in total. The number of rotatable bonds is 0. The first kappa shape index (κ1) is 7.03. The minimum atomic E-state index is -0.473. The van der Waals surface area contributed by atoms with Gasteiger partial charge in [-0.1, -0.05) is 13.3 Å². The molecule has 1 aliphatic rings. The Balaban J connectivity index is 2.41. The van der Waals surface area contributed by atoms with Gasteiger partial charge in [0.15, 0.2) is 0 Å². The molecule has 0 aromatic rings. The molecule has 54 valence electrons. The summed E-state index contributed by atoms with van der Waals surface area (Å²) in [5.74, 6) is 0.286. The Morgan fingerprint density at radius 3 is 2.33 bits per heavy atom. The maximum absolute atomic E-state index is 9.20. The van der Waals surface area contributed by atoms with Crippen molar-refractivity contribution in [2.75, 3.05) is 0 Å². The highest BCUT2D eigenvalue weighted by Crippen LogP contribution is 2.23. The SMILES string of the molecule is CC1CCC[C@@H](O)[C@@H]1O. The molecule has 1 unspecified atom stereocenters. The van der Waals surface area contributed by atoms with E-state index in [0.717, 1.165) is 19.3 Å². The highest BCUT2D eigenvalue weighted by molar-refractivity contribution is 4.78. The van der Waals surface area contributed by atoms with Gasteiger partial charge < -0.3 is 10.2 Å². The van der Waals surface area contributed by atoms with E-state index >= 15 is 0 Å². The highest BCUT2D eigenvalue weighted by atomic mass is 16.3. The summed E-state index contributed by atoms with van der Waals surface area (Å²) in [6.07, 6.45) is 1.94. The topological polar surface area (TPSA) is 40.5 Å². The van der Waals surface area contributed by atoms with Gasteiger partial charge in [-0.05, 0) is 18.8 Å². The van der Waals surface area contributed by atoms with Gasteiger partial charge in [0.25, 0.3) is 0 Å². The summed E-state index contributed by atoms with van der Waals surface area (Å²) >= 11 is 0. The van der Waals surface area contributed by atoms with Crippen LogP contribution in [0.3, 0.4) is 0 Å². The molecular weight excluding hydrogens is 116 g/mol. The lowest BCUT2D eigenvalue weighted by atomic mass is 9.86. The minimum Gasteiger partial charge on any atom is -0.390 e. The van der Waals surface area contributed by atoms with Crippen LogP contribution in [0.1, 0.15) is 26.2 Å². The largest absolute Gasteiger partial charge is 0.390 e. The number of aliphatic hydroxyl groups excluding tert-OH is 2. The number of aliphatic hydroxyl groups is 2. The molecule has 0 spiro atoms. The lowest BCUT2D eigenvalue weighted by Crippen LogP contribution is -2.35. The minimum absolute atomic E-state index is 0.286. The Labute approximate surface area is 55.5 Å². The van der Waals surface area contributed by atoms with Crippen molar-refractivity contribution < 1.29 is 10.2 Å². The highest BCUT2D eigenvalue weighted by Gasteiger charge is 2.26. The van der Waals surface area contributed by atoms with Crippen molar-refractivity contribution in [3.63, 3.8) is 0 Å². The second-order valence-corrected chi connectivity index (χ2v) is 2.97. The van der Waals surface area contributed by atoms with Gasteiger partial charge in [-0.2, -0.15) is 0 Å². The van der Waals surface area contributed by atoms with Gasteiger partial charge in [0, 0.05) is 0 Å². The van der Waals surface area contributed by atoms with Crippen molar-refractivity contribution in [3.05, 3.63) is 0 Å². The zero-order valence-corrected chi connectivity index (χ0v) is 5.75. The van der Waals surface area contributed by atoms with Gasteiger partial charge in [0.05, 0.1) is 12.2 Å². The summed E-state index contributed by atoms with van der Waals surface area (Å²) < 4.78 is 0. The average Bonchev–Trinajstić information content (AvgIpc) is 1.83. The first-order valence-corrected chi connectivity index (χ1v) is 3.58. The lowest BCUT2D eigenvalue weighted by molar-refractivity contribution is -0.0391. The number of hydrogen-bond donors (Lipinski definition) is 2. The number of hydrogen-bond acceptors (Lipinski definition) is 2. The van der Waals surface area contributed by atoms with Crippen LogP contribution < -0.4 is 0 Å². The zero-order valence-electron chi connectivity index (χ0n) is 5.75. The summed E-state index contributed by atoms with van der Waals surface area (Å²) in [4.78, 5) is 0. The standard InChI is InChI=1S/C7H14O2/c1-5-3-2-4-6(8)7(5)9/h5-9H,2-4H2,1H3/t5?,6-,7-/m1/s1. The molecule has 0 aromatic carbocycles. The van der Waals surface area contributed by atoms with E-state index < -0.39 is 12.2 Å². The molecule has 0 bridgehead atoms. The quantitative estimate of drug-likeness (QED) is 0.502. The van der Waals surface area contributed by atoms with Crippen LogP contribution in [0.2, 0.25) is 0 Å². The van der Waals surface area contributed by atoms with E-state index in [1.54, 1.807) is 0 Å². The van der Waals surface area contributed by atoms with Crippen molar-refractivity contribution in [1.29, 1.82) is 0 Å². The molecule has 2 heteroatoms. The molecule has 0 amide bonds. The third-order valence-electron chi connectivity index (χ3n) is 2.14. The molecule has 1 aliphatic carbocycles. The first-order chi connectivity index (χ1) is 4.22. The van der Waals surface area contributed by atoms with E-state index in [9.17, 15) is 5.11 Å². The lowest BCUT2D eigenvalue weighted by Gasteiger charge is -2.28. The zero-order chi connectivity index (χ0) is 6.85. The van der Waals surface area contributed by atoms with Crippen LogP contribution in [0.25, 0.3) is 0 Å². The molecule has 1 fully saturated rings. The van der Waals surface area contributed by atoms with Gasteiger partial charge in [-0.15, -0.1) is 0 Å². The second-order valence-electron chi connectivity index (χ2n) is 2.97. The van der Waals surface area contributed by atoms with Gasteiger partial charge in [-0.25, -0.2) is 0 Å². The molecule has 2 N–H and O–H groups in total. The van der Waals surface area contributed by atoms with Crippen LogP contribution in [0.15, 0.2) is 0 Å². The Kier molecular flexibility index (Phi) is 2.09. The maximum Gasteiger partial charge on any atom is 0.0824 e.